The molecule has 102 valence electrons. The van der Waals surface area contributed by atoms with Gasteiger partial charge in [-0.2, -0.15) is 0 Å². The van der Waals surface area contributed by atoms with Crippen LogP contribution in [0.15, 0.2) is 34.8 Å². The Morgan fingerprint density at radius 2 is 2.05 bits per heavy atom. The summed E-state index contributed by atoms with van der Waals surface area (Å²) in [5, 5.41) is 20.6. The minimum atomic E-state index is -0.527. The molecule has 0 saturated heterocycles. The van der Waals surface area contributed by atoms with Gasteiger partial charge in [-0.1, -0.05) is 11.6 Å². The first-order chi connectivity index (χ1) is 9.47. The van der Waals surface area contributed by atoms with Crippen molar-refractivity contribution < 1.29 is 9.72 Å². The lowest BCUT2D eigenvalue weighted by molar-refractivity contribution is -0.385. The number of rotatable bonds is 3. The number of hydrogen-bond donors (Lipinski definition) is 1. The van der Waals surface area contributed by atoms with Crippen molar-refractivity contribution in [2.24, 2.45) is 0 Å². The first kappa shape index (κ1) is 14.4. The summed E-state index contributed by atoms with van der Waals surface area (Å²) in [4.78, 5) is 22.0. The first-order valence-electron chi connectivity index (χ1n) is 5.22. The Kier molecular flexibility index (Phi) is 4.26. The van der Waals surface area contributed by atoms with E-state index in [1.165, 1.54) is 30.3 Å². The number of carbonyl (C=O) groups excluding carboxylic acids is 1. The highest BCUT2D eigenvalue weighted by Gasteiger charge is 2.14. The minimum absolute atomic E-state index is 0.0869. The summed E-state index contributed by atoms with van der Waals surface area (Å²) < 4.78 is 0.266. The highest BCUT2D eigenvalue weighted by Crippen LogP contribution is 2.27. The highest BCUT2D eigenvalue weighted by atomic mass is 79.9. The SMILES string of the molecule is O=C(Nc1ccc([N+](=O)[O-])c(Br)c1)c1ccc(Cl)nn1. The Labute approximate surface area is 126 Å². The van der Waals surface area contributed by atoms with Crippen molar-refractivity contribution in [1.82, 2.24) is 10.2 Å². The molecular weight excluding hydrogens is 352 g/mol. The van der Waals surface area contributed by atoms with Gasteiger partial charge in [0.25, 0.3) is 11.6 Å². The predicted molar refractivity (Wildman–Crippen MR) is 75.8 cm³/mol. The Hall–Kier alpha value is -2.06. The van der Waals surface area contributed by atoms with Crippen LogP contribution >= 0.6 is 27.5 Å². The fraction of sp³-hybridized carbons (Fsp3) is 0. The van der Waals surface area contributed by atoms with Gasteiger partial charge in [0.2, 0.25) is 0 Å². The fourth-order valence-electron chi connectivity index (χ4n) is 1.36. The summed E-state index contributed by atoms with van der Waals surface area (Å²) in [6.45, 7) is 0. The molecule has 1 N–H and O–H groups in total. The molecule has 0 fully saturated rings. The number of hydrogen-bond acceptors (Lipinski definition) is 5. The van der Waals surface area contributed by atoms with Crippen LogP contribution in [-0.4, -0.2) is 21.0 Å². The third-order valence-corrected chi connectivity index (χ3v) is 3.10. The third kappa shape index (κ3) is 3.28. The molecule has 0 aliphatic heterocycles. The summed E-state index contributed by atoms with van der Waals surface area (Å²) in [6.07, 6.45) is 0. The molecular formula is C11H6BrClN4O3. The van der Waals surface area contributed by atoms with Crippen molar-refractivity contribution in [2.45, 2.75) is 0 Å². The first-order valence-corrected chi connectivity index (χ1v) is 6.39. The van der Waals surface area contributed by atoms with Gasteiger partial charge in [-0.05, 0) is 40.2 Å². The van der Waals surface area contributed by atoms with E-state index in [1.54, 1.807) is 0 Å². The van der Waals surface area contributed by atoms with Crippen molar-refractivity contribution in [3.63, 3.8) is 0 Å². The topological polar surface area (TPSA) is 98.0 Å². The average molecular weight is 358 g/mol. The summed E-state index contributed by atoms with van der Waals surface area (Å²) in [5.41, 5.74) is 0.391. The third-order valence-electron chi connectivity index (χ3n) is 2.27. The van der Waals surface area contributed by atoms with Crippen molar-refractivity contribution in [3.8, 4) is 0 Å². The van der Waals surface area contributed by atoms with Gasteiger partial charge >= 0.3 is 0 Å². The molecule has 0 spiro atoms. The van der Waals surface area contributed by atoms with Gasteiger partial charge in [0, 0.05) is 11.8 Å². The molecule has 1 aromatic heterocycles. The molecule has 1 amide bonds. The fourth-order valence-corrected chi connectivity index (χ4v) is 1.99. The molecule has 0 bridgehead atoms. The van der Waals surface area contributed by atoms with E-state index in [9.17, 15) is 14.9 Å². The second-order valence-electron chi connectivity index (χ2n) is 3.62. The Balaban J connectivity index is 2.18. The number of anilines is 1. The highest BCUT2D eigenvalue weighted by molar-refractivity contribution is 9.10. The van der Waals surface area contributed by atoms with E-state index in [0.29, 0.717) is 5.69 Å². The van der Waals surface area contributed by atoms with Crippen LogP contribution in [0.3, 0.4) is 0 Å². The monoisotopic (exact) mass is 356 g/mol. The smallest absolute Gasteiger partial charge is 0.283 e. The number of nitrogens with zero attached hydrogens (tertiary/aromatic N) is 3. The van der Waals surface area contributed by atoms with Crippen molar-refractivity contribution in [1.29, 1.82) is 0 Å². The maximum absolute atomic E-state index is 11.8. The number of aromatic nitrogens is 2. The minimum Gasteiger partial charge on any atom is -0.321 e. The van der Waals surface area contributed by atoms with Gasteiger partial charge in [-0.25, -0.2) is 0 Å². The summed E-state index contributed by atoms with van der Waals surface area (Å²) in [5.74, 6) is -0.491. The van der Waals surface area contributed by atoms with Crippen molar-refractivity contribution in [3.05, 3.63) is 55.8 Å². The lowest BCUT2D eigenvalue weighted by Gasteiger charge is -2.05. The quantitative estimate of drug-likeness (QED) is 0.672. The average Bonchev–Trinajstić information content (AvgIpc) is 2.39. The standard InChI is InChI=1S/C11H6BrClN4O3/c12-7-5-6(1-3-9(7)17(19)20)14-11(18)8-2-4-10(13)16-15-8/h1-5H,(H,14,18). The van der Waals surface area contributed by atoms with Crippen LogP contribution in [-0.2, 0) is 0 Å². The van der Waals surface area contributed by atoms with Gasteiger partial charge in [0.05, 0.1) is 9.40 Å². The number of nitro benzene ring substituents is 1. The molecule has 0 unspecified atom stereocenters. The zero-order valence-electron chi connectivity index (χ0n) is 9.71. The van der Waals surface area contributed by atoms with Gasteiger partial charge in [-0.3, -0.25) is 14.9 Å². The Morgan fingerprint density at radius 3 is 2.60 bits per heavy atom. The largest absolute Gasteiger partial charge is 0.321 e. The van der Waals surface area contributed by atoms with Gasteiger partial charge in [-0.15, -0.1) is 10.2 Å². The van der Waals surface area contributed by atoms with Gasteiger partial charge in [0.1, 0.15) is 0 Å². The summed E-state index contributed by atoms with van der Waals surface area (Å²) in [7, 11) is 0. The van der Waals surface area contributed by atoms with E-state index in [2.05, 4.69) is 31.4 Å². The molecule has 9 heteroatoms. The molecule has 0 aliphatic rings. The summed E-state index contributed by atoms with van der Waals surface area (Å²) in [6, 6.07) is 7.00. The predicted octanol–water partition coefficient (Wildman–Crippen LogP) is 3.05. The second kappa shape index (κ2) is 5.93. The number of nitrogens with one attached hydrogen (secondary N) is 1. The van der Waals surface area contributed by atoms with Gasteiger partial charge in [0.15, 0.2) is 10.8 Å². The van der Waals surface area contributed by atoms with Crippen molar-refractivity contribution >= 4 is 44.8 Å². The van der Waals surface area contributed by atoms with E-state index < -0.39 is 10.8 Å². The van der Waals surface area contributed by atoms with Crippen LogP contribution < -0.4 is 5.32 Å². The van der Waals surface area contributed by atoms with Crippen molar-refractivity contribution in [2.75, 3.05) is 5.32 Å². The number of benzene rings is 1. The molecule has 0 atom stereocenters. The molecule has 2 aromatic rings. The Morgan fingerprint density at radius 1 is 1.30 bits per heavy atom. The zero-order chi connectivity index (χ0) is 14.7. The van der Waals surface area contributed by atoms with E-state index in [4.69, 9.17) is 11.6 Å². The van der Waals surface area contributed by atoms with Crippen LogP contribution in [0.2, 0.25) is 5.15 Å². The molecule has 1 aromatic carbocycles. The Bertz CT molecular complexity index is 678. The van der Waals surface area contributed by atoms with E-state index in [1.807, 2.05) is 0 Å². The number of carbonyl (C=O) groups is 1. The van der Waals surface area contributed by atoms with Crippen LogP contribution in [0.25, 0.3) is 0 Å². The molecule has 0 radical (unpaired) electrons. The van der Waals surface area contributed by atoms with Crippen LogP contribution in [0.4, 0.5) is 11.4 Å². The van der Waals surface area contributed by atoms with E-state index in [-0.39, 0.29) is 21.0 Å². The molecule has 7 nitrogen and oxygen atoms in total. The van der Waals surface area contributed by atoms with Crippen LogP contribution in [0.1, 0.15) is 10.5 Å². The lowest BCUT2D eigenvalue weighted by atomic mass is 10.2. The maximum Gasteiger partial charge on any atom is 0.283 e. The van der Waals surface area contributed by atoms with E-state index >= 15 is 0 Å². The molecule has 0 aliphatic carbocycles. The van der Waals surface area contributed by atoms with Crippen LogP contribution in [0.5, 0.6) is 0 Å². The van der Waals surface area contributed by atoms with E-state index in [0.717, 1.165) is 0 Å². The molecule has 2 rings (SSSR count). The lowest BCUT2D eigenvalue weighted by Crippen LogP contribution is -2.14. The normalized spacial score (nSPS) is 10.1. The molecule has 1 heterocycles. The molecule has 20 heavy (non-hydrogen) atoms. The zero-order valence-corrected chi connectivity index (χ0v) is 12.1. The maximum atomic E-state index is 11.8. The number of halogens is 2. The summed E-state index contributed by atoms with van der Waals surface area (Å²) >= 11 is 8.63. The van der Waals surface area contributed by atoms with Crippen LogP contribution in [0, 0.1) is 10.1 Å². The molecule has 0 saturated carbocycles. The number of nitro groups is 1. The number of amides is 1. The second-order valence-corrected chi connectivity index (χ2v) is 4.86. The van der Waals surface area contributed by atoms with Gasteiger partial charge < -0.3 is 5.32 Å².